The van der Waals surface area contributed by atoms with E-state index in [-0.39, 0.29) is 11.5 Å². The van der Waals surface area contributed by atoms with Crippen molar-refractivity contribution in [3.8, 4) is 5.75 Å². The van der Waals surface area contributed by atoms with Crippen molar-refractivity contribution in [1.82, 2.24) is 4.90 Å². The molecule has 1 aromatic rings. The maximum Gasteiger partial charge on any atom is 0.410 e. The number of methoxy groups -OCH3 is 1. The van der Waals surface area contributed by atoms with E-state index in [0.717, 1.165) is 30.8 Å². The van der Waals surface area contributed by atoms with Gasteiger partial charge in [0.1, 0.15) is 11.4 Å². The van der Waals surface area contributed by atoms with E-state index in [1.54, 1.807) is 7.11 Å². The molecule has 5 heteroatoms. The lowest BCUT2D eigenvalue weighted by molar-refractivity contribution is 0.0171. The summed E-state index contributed by atoms with van der Waals surface area (Å²) in [5, 5.41) is 3.50. The summed E-state index contributed by atoms with van der Waals surface area (Å²) in [6.45, 7) is 8.04. The molecule has 0 aromatic heterocycles. The number of benzene rings is 1. The molecule has 1 fully saturated rings. The van der Waals surface area contributed by atoms with Crippen LogP contribution in [0.2, 0.25) is 0 Å². The minimum Gasteiger partial charge on any atom is -0.496 e. The van der Waals surface area contributed by atoms with Gasteiger partial charge in [-0.05, 0) is 45.7 Å². The van der Waals surface area contributed by atoms with Crippen LogP contribution >= 0.6 is 0 Å². The van der Waals surface area contributed by atoms with Crippen LogP contribution in [0.3, 0.4) is 0 Å². The Balaban J connectivity index is 1.75. The summed E-state index contributed by atoms with van der Waals surface area (Å²) in [5.74, 6) is 0.943. The molecule has 0 saturated carbocycles. The summed E-state index contributed by atoms with van der Waals surface area (Å²) in [6.07, 6.45) is 1.64. The van der Waals surface area contributed by atoms with Crippen LogP contribution in [0.15, 0.2) is 18.2 Å². The van der Waals surface area contributed by atoms with Crippen LogP contribution in [0.5, 0.6) is 5.75 Å². The summed E-state index contributed by atoms with van der Waals surface area (Å²) >= 11 is 0. The zero-order valence-corrected chi connectivity index (χ0v) is 14.4. The molecule has 1 aromatic carbocycles. The predicted molar refractivity (Wildman–Crippen MR) is 90.2 cm³/mol. The fourth-order valence-corrected chi connectivity index (χ4v) is 3.62. The maximum atomic E-state index is 12.2. The number of likely N-dealkylation sites (tertiary alicyclic amines) is 1. The molecule has 0 aliphatic carbocycles. The van der Waals surface area contributed by atoms with Gasteiger partial charge in [-0.15, -0.1) is 0 Å². The van der Waals surface area contributed by atoms with E-state index in [1.807, 2.05) is 37.8 Å². The first kappa shape index (κ1) is 16.0. The molecule has 2 aliphatic heterocycles. The molecule has 2 aliphatic rings. The Morgan fingerprint density at radius 3 is 2.57 bits per heavy atom. The number of rotatable bonds is 1. The van der Waals surface area contributed by atoms with Crippen LogP contribution in [0.25, 0.3) is 0 Å². The van der Waals surface area contributed by atoms with E-state index in [9.17, 15) is 4.79 Å². The Labute approximate surface area is 137 Å². The van der Waals surface area contributed by atoms with Crippen LogP contribution in [-0.2, 0) is 10.2 Å². The highest BCUT2D eigenvalue weighted by atomic mass is 16.6. The second-order valence-electron chi connectivity index (χ2n) is 7.48. The van der Waals surface area contributed by atoms with Gasteiger partial charge in [0.15, 0.2) is 0 Å². The van der Waals surface area contributed by atoms with Crippen LogP contribution in [0, 0.1) is 0 Å². The lowest BCUT2D eigenvalue weighted by Gasteiger charge is -2.40. The number of piperidine rings is 1. The molecule has 126 valence electrons. The van der Waals surface area contributed by atoms with E-state index in [1.165, 1.54) is 5.56 Å². The van der Waals surface area contributed by atoms with Crippen molar-refractivity contribution in [2.75, 3.05) is 32.1 Å². The first-order valence-electron chi connectivity index (χ1n) is 8.24. The summed E-state index contributed by atoms with van der Waals surface area (Å²) in [4.78, 5) is 14.1. The zero-order chi connectivity index (χ0) is 16.7. The summed E-state index contributed by atoms with van der Waals surface area (Å²) < 4.78 is 11.1. The quantitative estimate of drug-likeness (QED) is 0.862. The van der Waals surface area contributed by atoms with Crippen molar-refractivity contribution in [3.05, 3.63) is 23.8 Å². The Bertz CT molecular complexity index is 599. The van der Waals surface area contributed by atoms with E-state index in [2.05, 4.69) is 11.4 Å². The highest BCUT2D eigenvalue weighted by molar-refractivity contribution is 5.69. The topological polar surface area (TPSA) is 50.8 Å². The van der Waals surface area contributed by atoms with Crippen molar-refractivity contribution in [1.29, 1.82) is 0 Å². The highest BCUT2D eigenvalue weighted by Crippen LogP contribution is 2.48. The molecule has 0 unspecified atom stereocenters. The van der Waals surface area contributed by atoms with Gasteiger partial charge in [-0.2, -0.15) is 0 Å². The standard InChI is InChI=1S/C18H26N2O3/c1-17(2,3)23-16(21)20-10-8-18(9-11-20)12-19-13-6-5-7-14(22-4)15(13)18/h5-7,19H,8-12H2,1-4H3. The number of carbonyl (C=O) groups is 1. The molecule has 1 amide bonds. The monoisotopic (exact) mass is 318 g/mol. The van der Waals surface area contributed by atoms with Crippen molar-refractivity contribution >= 4 is 11.8 Å². The fraction of sp³-hybridized carbons (Fsp3) is 0.611. The van der Waals surface area contributed by atoms with Gasteiger partial charge in [0.2, 0.25) is 0 Å². The Morgan fingerprint density at radius 2 is 1.96 bits per heavy atom. The van der Waals surface area contributed by atoms with E-state index in [0.29, 0.717) is 13.1 Å². The highest BCUT2D eigenvalue weighted by Gasteiger charge is 2.44. The van der Waals surface area contributed by atoms with Gasteiger partial charge in [-0.25, -0.2) is 4.79 Å². The van der Waals surface area contributed by atoms with Gasteiger partial charge in [0.05, 0.1) is 7.11 Å². The first-order chi connectivity index (χ1) is 10.8. The minimum absolute atomic E-state index is 0.0560. The summed E-state index contributed by atoms with van der Waals surface area (Å²) in [6, 6.07) is 6.14. The minimum atomic E-state index is -0.447. The van der Waals surface area contributed by atoms with Gasteiger partial charge in [0.25, 0.3) is 0 Å². The lowest BCUT2D eigenvalue weighted by atomic mass is 9.74. The molecular weight excluding hydrogens is 292 g/mol. The number of anilines is 1. The van der Waals surface area contributed by atoms with E-state index < -0.39 is 5.60 Å². The number of nitrogens with zero attached hydrogens (tertiary/aromatic N) is 1. The van der Waals surface area contributed by atoms with Gasteiger partial charge in [0, 0.05) is 36.3 Å². The second kappa shape index (κ2) is 5.62. The normalized spacial score (nSPS) is 19.2. The number of amides is 1. The van der Waals surface area contributed by atoms with Gasteiger partial charge in [-0.3, -0.25) is 0 Å². The number of hydrogen-bond donors (Lipinski definition) is 1. The largest absolute Gasteiger partial charge is 0.496 e. The molecule has 1 spiro atoms. The number of fused-ring (bicyclic) bond motifs is 2. The smallest absolute Gasteiger partial charge is 0.410 e. The molecule has 1 N–H and O–H groups in total. The Morgan fingerprint density at radius 1 is 1.26 bits per heavy atom. The van der Waals surface area contributed by atoms with Crippen molar-refractivity contribution in [3.63, 3.8) is 0 Å². The van der Waals surface area contributed by atoms with Gasteiger partial charge in [-0.1, -0.05) is 6.07 Å². The van der Waals surface area contributed by atoms with Crippen LogP contribution in [-0.4, -0.2) is 43.3 Å². The third-order valence-corrected chi connectivity index (χ3v) is 4.77. The zero-order valence-electron chi connectivity index (χ0n) is 14.4. The van der Waals surface area contributed by atoms with Gasteiger partial charge < -0.3 is 19.7 Å². The molecule has 3 rings (SSSR count). The maximum absolute atomic E-state index is 12.2. The van der Waals surface area contributed by atoms with Crippen LogP contribution in [0.4, 0.5) is 10.5 Å². The van der Waals surface area contributed by atoms with Crippen LogP contribution < -0.4 is 10.1 Å². The molecule has 1 saturated heterocycles. The SMILES string of the molecule is COc1cccc2c1C1(CCN(C(=O)OC(C)(C)C)CC1)CN2. The average molecular weight is 318 g/mol. The van der Waals surface area contributed by atoms with Crippen molar-refractivity contribution < 1.29 is 14.3 Å². The molecular formula is C18H26N2O3. The second-order valence-corrected chi connectivity index (χ2v) is 7.48. The molecule has 5 nitrogen and oxygen atoms in total. The van der Waals surface area contributed by atoms with Gasteiger partial charge >= 0.3 is 6.09 Å². The summed E-state index contributed by atoms with van der Waals surface area (Å²) in [5.41, 5.74) is 2.04. The number of ether oxygens (including phenoxy) is 2. The van der Waals surface area contributed by atoms with Crippen LogP contribution in [0.1, 0.15) is 39.2 Å². The molecule has 2 heterocycles. The van der Waals surface area contributed by atoms with Crippen molar-refractivity contribution in [2.24, 2.45) is 0 Å². The Kier molecular flexibility index (Phi) is 3.90. The summed E-state index contributed by atoms with van der Waals surface area (Å²) in [7, 11) is 1.72. The average Bonchev–Trinajstić information content (AvgIpc) is 2.85. The fourth-order valence-electron chi connectivity index (χ4n) is 3.62. The third-order valence-electron chi connectivity index (χ3n) is 4.77. The molecule has 23 heavy (non-hydrogen) atoms. The lowest BCUT2D eigenvalue weighted by Crippen LogP contribution is -2.47. The number of carbonyl (C=O) groups excluding carboxylic acids is 1. The number of nitrogens with one attached hydrogen (secondary N) is 1. The van der Waals surface area contributed by atoms with Crippen molar-refractivity contribution in [2.45, 2.75) is 44.6 Å². The molecule has 0 radical (unpaired) electrons. The first-order valence-corrected chi connectivity index (χ1v) is 8.24. The molecule has 0 bridgehead atoms. The Hall–Kier alpha value is -1.91. The number of hydrogen-bond acceptors (Lipinski definition) is 4. The van der Waals surface area contributed by atoms with E-state index in [4.69, 9.17) is 9.47 Å². The molecule has 0 atom stereocenters. The van der Waals surface area contributed by atoms with E-state index >= 15 is 0 Å². The predicted octanol–water partition coefficient (Wildman–Crippen LogP) is 3.39. The third kappa shape index (κ3) is 2.96.